The minimum absolute atomic E-state index is 0.1000. The molecule has 2 rings (SSSR count). The third kappa shape index (κ3) is 3.08. The van der Waals surface area contributed by atoms with E-state index in [-0.39, 0.29) is 11.9 Å². The molecule has 1 aliphatic rings. The van der Waals surface area contributed by atoms with Crippen LogP contribution >= 0.6 is 0 Å². The van der Waals surface area contributed by atoms with Crippen LogP contribution in [0.5, 0.6) is 0 Å². The molecule has 19 heavy (non-hydrogen) atoms. The van der Waals surface area contributed by atoms with Gasteiger partial charge in [0.2, 0.25) is 0 Å². The molecule has 1 aromatic carbocycles. The average Bonchev–Trinajstić information content (AvgIpc) is 2.33. The summed E-state index contributed by atoms with van der Waals surface area (Å²) >= 11 is 0. The maximum Gasteiger partial charge on any atom is 0.146 e. The zero-order valence-corrected chi connectivity index (χ0v) is 12.2. The molecule has 0 aliphatic heterocycles. The SMILES string of the molecule is CCCNC(C)c1cccc(F)c1N(C)C1CCC1. The van der Waals surface area contributed by atoms with Crippen LogP contribution in [0.1, 0.15) is 51.1 Å². The van der Waals surface area contributed by atoms with Crippen LogP contribution in [0.3, 0.4) is 0 Å². The maximum atomic E-state index is 14.2. The predicted octanol–water partition coefficient (Wildman–Crippen LogP) is 3.88. The molecular weight excluding hydrogens is 239 g/mol. The summed E-state index contributed by atoms with van der Waals surface area (Å²) in [6.45, 7) is 5.22. The summed E-state index contributed by atoms with van der Waals surface area (Å²) in [6.07, 6.45) is 4.72. The van der Waals surface area contributed by atoms with Crippen LogP contribution in [0, 0.1) is 5.82 Å². The number of hydrogen-bond acceptors (Lipinski definition) is 2. The summed E-state index contributed by atoms with van der Waals surface area (Å²) in [4.78, 5) is 2.14. The first-order chi connectivity index (χ1) is 9.15. The van der Waals surface area contributed by atoms with Gasteiger partial charge in [0.1, 0.15) is 5.82 Å². The number of nitrogens with zero attached hydrogens (tertiary/aromatic N) is 1. The summed E-state index contributed by atoms with van der Waals surface area (Å²) in [6, 6.07) is 6.12. The van der Waals surface area contributed by atoms with Crippen molar-refractivity contribution >= 4 is 5.69 Å². The molecule has 0 saturated heterocycles. The Kier molecular flexibility index (Phi) is 4.81. The second-order valence-electron chi connectivity index (χ2n) is 5.55. The van der Waals surface area contributed by atoms with Crippen molar-refractivity contribution in [2.24, 2.45) is 0 Å². The Morgan fingerprint density at radius 3 is 2.74 bits per heavy atom. The third-order valence-corrected chi connectivity index (χ3v) is 4.16. The molecule has 1 unspecified atom stereocenters. The monoisotopic (exact) mass is 264 g/mol. The highest BCUT2D eigenvalue weighted by Gasteiger charge is 2.26. The van der Waals surface area contributed by atoms with Gasteiger partial charge in [0.15, 0.2) is 0 Å². The van der Waals surface area contributed by atoms with Gasteiger partial charge in [0, 0.05) is 19.1 Å². The van der Waals surface area contributed by atoms with Crippen molar-refractivity contribution in [1.82, 2.24) is 5.32 Å². The van der Waals surface area contributed by atoms with Crippen molar-refractivity contribution in [2.75, 3.05) is 18.5 Å². The molecule has 1 aromatic rings. The van der Waals surface area contributed by atoms with Gasteiger partial charge in [0.25, 0.3) is 0 Å². The Labute approximate surface area is 116 Å². The molecule has 0 bridgehead atoms. The third-order valence-electron chi connectivity index (χ3n) is 4.16. The van der Waals surface area contributed by atoms with Gasteiger partial charge in [-0.05, 0) is 50.8 Å². The second-order valence-corrected chi connectivity index (χ2v) is 5.55. The largest absolute Gasteiger partial charge is 0.369 e. The number of anilines is 1. The Hall–Kier alpha value is -1.09. The highest BCUT2D eigenvalue weighted by molar-refractivity contribution is 5.56. The lowest BCUT2D eigenvalue weighted by Gasteiger charge is -2.38. The summed E-state index contributed by atoms with van der Waals surface area (Å²) in [5.74, 6) is -0.1000. The number of para-hydroxylation sites is 1. The summed E-state index contributed by atoms with van der Waals surface area (Å²) < 4.78 is 14.2. The van der Waals surface area contributed by atoms with Crippen LogP contribution in [0.2, 0.25) is 0 Å². The fourth-order valence-electron chi connectivity index (χ4n) is 2.68. The van der Waals surface area contributed by atoms with E-state index in [1.165, 1.54) is 19.3 Å². The standard InChI is InChI=1S/C16H25FN2/c1-4-11-18-12(2)14-9-6-10-15(17)16(14)19(3)13-7-5-8-13/h6,9-10,12-13,18H,4-5,7-8,11H2,1-3H3. The first-order valence-electron chi connectivity index (χ1n) is 7.39. The fraction of sp³-hybridized carbons (Fsp3) is 0.625. The second kappa shape index (κ2) is 6.38. The Morgan fingerprint density at radius 1 is 1.42 bits per heavy atom. The van der Waals surface area contributed by atoms with Crippen molar-refractivity contribution in [3.8, 4) is 0 Å². The van der Waals surface area contributed by atoms with E-state index in [9.17, 15) is 4.39 Å². The summed E-state index contributed by atoms with van der Waals surface area (Å²) in [7, 11) is 2.03. The van der Waals surface area contributed by atoms with Gasteiger partial charge in [0.05, 0.1) is 5.69 Å². The molecule has 2 nitrogen and oxygen atoms in total. The lowest BCUT2D eigenvalue weighted by molar-refractivity contribution is 0.396. The minimum Gasteiger partial charge on any atom is -0.369 e. The molecule has 1 saturated carbocycles. The molecule has 1 fully saturated rings. The molecule has 0 radical (unpaired) electrons. The van der Waals surface area contributed by atoms with Crippen molar-refractivity contribution in [1.29, 1.82) is 0 Å². The van der Waals surface area contributed by atoms with Gasteiger partial charge in [-0.1, -0.05) is 19.1 Å². The number of benzene rings is 1. The number of hydrogen-bond donors (Lipinski definition) is 1. The van der Waals surface area contributed by atoms with Gasteiger partial charge in [-0.3, -0.25) is 0 Å². The molecule has 106 valence electrons. The first-order valence-corrected chi connectivity index (χ1v) is 7.39. The van der Waals surface area contributed by atoms with E-state index in [0.717, 1.165) is 24.2 Å². The minimum atomic E-state index is -0.1000. The molecular formula is C16H25FN2. The van der Waals surface area contributed by atoms with Crippen LogP contribution in [0.25, 0.3) is 0 Å². The van der Waals surface area contributed by atoms with E-state index in [2.05, 4.69) is 24.1 Å². The number of rotatable bonds is 6. The normalized spacial score (nSPS) is 17.1. The Morgan fingerprint density at radius 2 is 2.16 bits per heavy atom. The highest BCUT2D eigenvalue weighted by atomic mass is 19.1. The Balaban J connectivity index is 2.24. The van der Waals surface area contributed by atoms with Gasteiger partial charge >= 0.3 is 0 Å². The van der Waals surface area contributed by atoms with Crippen molar-refractivity contribution in [2.45, 2.75) is 51.6 Å². The number of halogens is 1. The topological polar surface area (TPSA) is 15.3 Å². The molecule has 0 amide bonds. The van der Waals surface area contributed by atoms with Crippen molar-refractivity contribution in [3.05, 3.63) is 29.6 Å². The number of nitrogens with one attached hydrogen (secondary N) is 1. The smallest absolute Gasteiger partial charge is 0.146 e. The molecule has 0 heterocycles. The quantitative estimate of drug-likeness (QED) is 0.839. The van der Waals surface area contributed by atoms with Crippen LogP contribution in [-0.4, -0.2) is 19.6 Å². The zero-order valence-electron chi connectivity index (χ0n) is 12.2. The van der Waals surface area contributed by atoms with E-state index < -0.39 is 0 Å². The summed E-state index contributed by atoms with van der Waals surface area (Å²) in [5, 5.41) is 3.45. The van der Waals surface area contributed by atoms with Gasteiger partial charge in [-0.2, -0.15) is 0 Å². The highest BCUT2D eigenvalue weighted by Crippen LogP contribution is 2.34. The van der Waals surface area contributed by atoms with Crippen molar-refractivity contribution < 1.29 is 4.39 Å². The Bertz CT molecular complexity index is 415. The molecule has 0 spiro atoms. The van der Waals surface area contributed by atoms with E-state index in [4.69, 9.17) is 0 Å². The fourth-order valence-corrected chi connectivity index (χ4v) is 2.68. The van der Waals surface area contributed by atoms with Crippen LogP contribution in [0.15, 0.2) is 18.2 Å². The van der Waals surface area contributed by atoms with E-state index >= 15 is 0 Å². The van der Waals surface area contributed by atoms with Gasteiger partial charge < -0.3 is 10.2 Å². The van der Waals surface area contributed by atoms with Crippen LogP contribution in [-0.2, 0) is 0 Å². The van der Waals surface area contributed by atoms with Crippen molar-refractivity contribution in [3.63, 3.8) is 0 Å². The first kappa shape index (κ1) is 14.3. The van der Waals surface area contributed by atoms with Gasteiger partial charge in [-0.15, -0.1) is 0 Å². The lowest BCUT2D eigenvalue weighted by Crippen LogP contribution is -2.38. The average molecular weight is 264 g/mol. The summed E-state index contributed by atoms with van der Waals surface area (Å²) in [5.41, 5.74) is 1.85. The zero-order chi connectivity index (χ0) is 13.8. The molecule has 3 heteroatoms. The maximum absolute atomic E-state index is 14.2. The molecule has 1 atom stereocenters. The lowest BCUT2D eigenvalue weighted by atomic mass is 9.90. The van der Waals surface area contributed by atoms with E-state index in [1.807, 2.05) is 19.2 Å². The van der Waals surface area contributed by atoms with Crippen LogP contribution < -0.4 is 10.2 Å². The van der Waals surface area contributed by atoms with Crippen LogP contribution in [0.4, 0.5) is 10.1 Å². The molecule has 1 aliphatic carbocycles. The molecule has 1 N–H and O–H groups in total. The van der Waals surface area contributed by atoms with E-state index in [1.54, 1.807) is 6.07 Å². The predicted molar refractivity (Wildman–Crippen MR) is 79.2 cm³/mol. The molecule has 0 aromatic heterocycles. The van der Waals surface area contributed by atoms with Gasteiger partial charge in [-0.25, -0.2) is 4.39 Å². The van der Waals surface area contributed by atoms with E-state index in [0.29, 0.717) is 6.04 Å².